The van der Waals surface area contributed by atoms with Crippen LogP contribution in [0.2, 0.25) is 0 Å². The number of aromatic nitrogens is 1. The largest absolute Gasteiger partial charge is 0.355 e. The minimum atomic E-state index is -0.383. The molecule has 6 nitrogen and oxygen atoms in total. The van der Waals surface area contributed by atoms with Gasteiger partial charge in [-0.25, -0.2) is 4.79 Å². The van der Waals surface area contributed by atoms with Crippen LogP contribution in [-0.4, -0.2) is 41.5 Å². The van der Waals surface area contributed by atoms with Gasteiger partial charge in [0.1, 0.15) is 0 Å². The smallest absolute Gasteiger partial charge is 0.321 e. The summed E-state index contributed by atoms with van der Waals surface area (Å²) < 4.78 is 0. The highest BCUT2D eigenvalue weighted by molar-refractivity contribution is 5.89. The Hall–Kier alpha value is -2.11. The predicted molar refractivity (Wildman–Crippen MR) is 90.0 cm³/mol. The highest BCUT2D eigenvalue weighted by Crippen LogP contribution is 2.18. The number of likely N-dealkylation sites (tertiary alicyclic amines) is 1. The Labute approximate surface area is 137 Å². The number of urea groups is 1. The summed E-state index contributed by atoms with van der Waals surface area (Å²) in [4.78, 5) is 30.1. The SMILES string of the molecule is CC(C)(C)C(=O)NC[C@H]1CCCN(C(=O)Nc2cccnc2)C1. The van der Waals surface area contributed by atoms with Crippen molar-refractivity contribution < 1.29 is 9.59 Å². The molecule has 1 aromatic heterocycles. The van der Waals surface area contributed by atoms with Crippen molar-refractivity contribution in [2.24, 2.45) is 11.3 Å². The van der Waals surface area contributed by atoms with Crippen LogP contribution < -0.4 is 10.6 Å². The van der Waals surface area contributed by atoms with Gasteiger partial charge >= 0.3 is 6.03 Å². The molecule has 1 aliphatic rings. The fourth-order valence-corrected chi connectivity index (χ4v) is 2.56. The van der Waals surface area contributed by atoms with Crippen molar-refractivity contribution in [1.82, 2.24) is 15.2 Å². The quantitative estimate of drug-likeness (QED) is 0.899. The number of anilines is 1. The zero-order valence-corrected chi connectivity index (χ0v) is 14.1. The van der Waals surface area contributed by atoms with Crippen molar-refractivity contribution in [2.75, 3.05) is 25.0 Å². The summed E-state index contributed by atoms with van der Waals surface area (Å²) in [5.74, 6) is 0.351. The third kappa shape index (κ3) is 5.23. The third-order valence-corrected chi connectivity index (χ3v) is 3.95. The highest BCUT2D eigenvalue weighted by atomic mass is 16.2. The van der Waals surface area contributed by atoms with E-state index in [1.54, 1.807) is 18.5 Å². The van der Waals surface area contributed by atoms with Crippen molar-refractivity contribution in [3.63, 3.8) is 0 Å². The maximum absolute atomic E-state index is 12.3. The minimum absolute atomic E-state index is 0.0504. The number of amides is 3. The first-order valence-corrected chi connectivity index (χ1v) is 8.10. The molecule has 0 aliphatic carbocycles. The topological polar surface area (TPSA) is 74.3 Å². The molecule has 2 rings (SSSR count). The average molecular weight is 318 g/mol. The Morgan fingerprint density at radius 3 is 2.83 bits per heavy atom. The fourth-order valence-electron chi connectivity index (χ4n) is 2.56. The van der Waals surface area contributed by atoms with Gasteiger partial charge in [-0.2, -0.15) is 0 Å². The number of carbonyl (C=O) groups excluding carboxylic acids is 2. The van der Waals surface area contributed by atoms with E-state index in [2.05, 4.69) is 15.6 Å². The Balaban J connectivity index is 1.83. The van der Waals surface area contributed by atoms with Gasteiger partial charge in [0.05, 0.1) is 11.9 Å². The van der Waals surface area contributed by atoms with Crippen LogP contribution in [0.25, 0.3) is 0 Å². The van der Waals surface area contributed by atoms with E-state index in [9.17, 15) is 9.59 Å². The van der Waals surface area contributed by atoms with Crippen molar-refractivity contribution in [2.45, 2.75) is 33.6 Å². The van der Waals surface area contributed by atoms with Crippen LogP contribution in [0.5, 0.6) is 0 Å². The van der Waals surface area contributed by atoms with Crippen LogP contribution in [0.3, 0.4) is 0 Å². The number of rotatable bonds is 3. The van der Waals surface area contributed by atoms with Crippen LogP contribution in [0, 0.1) is 11.3 Å². The van der Waals surface area contributed by atoms with Crippen LogP contribution in [-0.2, 0) is 4.79 Å². The zero-order chi connectivity index (χ0) is 16.9. The minimum Gasteiger partial charge on any atom is -0.355 e. The van der Waals surface area contributed by atoms with Crippen LogP contribution >= 0.6 is 0 Å². The maximum atomic E-state index is 12.3. The molecule has 0 radical (unpaired) electrons. The molecule has 2 heterocycles. The number of hydrogen-bond donors (Lipinski definition) is 2. The molecule has 1 atom stereocenters. The van der Waals surface area contributed by atoms with Crippen LogP contribution in [0.1, 0.15) is 33.6 Å². The highest BCUT2D eigenvalue weighted by Gasteiger charge is 2.26. The van der Waals surface area contributed by atoms with Gasteiger partial charge in [0.15, 0.2) is 0 Å². The van der Waals surface area contributed by atoms with Gasteiger partial charge in [-0.3, -0.25) is 9.78 Å². The maximum Gasteiger partial charge on any atom is 0.321 e. The van der Waals surface area contributed by atoms with Gasteiger partial charge in [-0.05, 0) is 30.9 Å². The third-order valence-electron chi connectivity index (χ3n) is 3.95. The van der Waals surface area contributed by atoms with Gasteiger partial charge in [0.25, 0.3) is 0 Å². The van der Waals surface area contributed by atoms with Gasteiger partial charge in [0, 0.05) is 31.2 Å². The normalized spacial score (nSPS) is 18.4. The standard InChI is InChI=1S/C17H26N4O2/c1-17(2,3)15(22)19-10-13-6-5-9-21(12-13)16(23)20-14-7-4-8-18-11-14/h4,7-8,11,13H,5-6,9-10,12H2,1-3H3,(H,19,22)(H,20,23)/t13-/m1/s1. The number of pyridine rings is 1. The Morgan fingerprint density at radius 1 is 1.39 bits per heavy atom. The van der Waals surface area contributed by atoms with Crippen molar-refractivity contribution in [3.8, 4) is 0 Å². The van der Waals surface area contributed by atoms with E-state index < -0.39 is 0 Å². The summed E-state index contributed by atoms with van der Waals surface area (Å²) in [6.45, 7) is 7.73. The van der Waals surface area contributed by atoms with Gasteiger partial charge in [-0.1, -0.05) is 20.8 Å². The Morgan fingerprint density at radius 2 is 2.17 bits per heavy atom. The van der Waals surface area contributed by atoms with E-state index in [1.807, 2.05) is 31.7 Å². The van der Waals surface area contributed by atoms with E-state index in [1.165, 1.54) is 0 Å². The van der Waals surface area contributed by atoms with Gasteiger partial charge in [0.2, 0.25) is 5.91 Å². The molecule has 1 fully saturated rings. The molecule has 1 saturated heterocycles. The molecule has 6 heteroatoms. The molecular formula is C17H26N4O2. The Kier molecular flexibility index (Phi) is 5.58. The lowest BCUT2D eigenvalue weighted by atomic mass is 9.94. The lowest BCUT2D eigenvalue weighted by molar-refractivity contribution is -0.128. The van der Waals surface area contributed by atoms with Crippen molar-refractivity contribution in [3.05, 3.63) is 24.5 Å². The molecule has 1 aromatic rings. The molecule has 0 spiro atoms. The first-order valence-electron chi connectivity index (χ1n) is 8.10. The number of nitrogens with zero attached hydrogens (tertiary/aromatic N) is 2. The van der Waals surface area contributed by atoms with E-state index in [4.69, 9.17) is 0 Å². The number of piperidine rings is 1. The van der Waals surface area contributed by atoms with Gasteiger partial charge < -0.3 is 15.5 Å². The molecule has 3 amide bonds. The second-order valence-electron chi connectivity index (χ2n) is 7.09. The summed E-state index contributed by atoms with van der Waals surface area (Å²) in [5, 5.41) is 5.85. The lowest BCUT2D eigenvalue weighted by Crippen LogP contribution is -2.46. The van der Waals surface area contributed by atoms with Crippen molar-refractivity contribution in [1.29, 1.82) is 0 Å². The summed E-state index contributed by atoms with van der Waals surface area (Å²) >= 11 is 0. The molecule has 126 valence electrons. The zero-order valence-electron chi connectivity index (χ0n) is 14.1. The second-order valence-corrected chi connectivity index (χ2v) is 7.09. The average Bonchev–Trinajstić information content (AvgIpc) is 2.53. The van der Waals surface area contributed by atoms with E-state index in [0.29, 0.717) is 24.7 Å². The van der Waals surface area contributed by atoms with Crippen LogP contribution in [0.15, 0.2) is 24.5 Å². The predicted octanol–water partition coefficient (Wildman–Crippen LogP) is 2.49. The summed E-state index contributed by atoms with van der Waals surface area (Å²) in [6, 6.07) is 3.50. The first-order chi connectivity index (χ1) is 10.9. The fraction of sp³-hybridized carbons (Fsp3) is 0.588. The summed E-state index contributed by atoms with van der Waals surface area (Å²) in [7, 11) is 0. The van der Waals surface area contributed by atoms with Gasteiger partial charge in [-0.15, -0.1) is 0 Å². The molecule has 1 aliphatic heterocycles. The molecular weight excluding hydrogens is 292 g/mol. The van der Waals surface area contributed by atoms with E-state index in [0.717, 1.165) is 19.4 Å². The second kappa shape index (κ2) is 7.44. The molecule has 23 heavy (non-hydrogen) atoms. The Bertz CT molecular complexity index is 539. The van der Waals surface area contributed by atoms with E-state index in [-0.39, 0.29) is 17.4 Å². The van der Waals surface area contributed by atoms with Crippen molar-refractivity contribution >= 4 is 17.6 Å². The molecule has 0 unspecified atom stereocenters. The summed E-state index contributed by atoms with van der Waals surface area (Å²) in [6.07, 6.45) is 5.28. The molecule has 2 N–H and O–H groups in total. The van der Waals surface area contributed by atoms with Crippen LogP contribution in [0.4, 0.5) is 10.5 Å². The number of carbonyl (C=O) groups is 2. The first kappa shape index (κ1) is 17.2. The molecule has 0 bridgehead atoms. The number of nitrogens with one attached hydrogen (secondary N) is 2. The monoisotopic (exact) mass is 318 g/mol. The lowest BCUT2D eigenvalue weighted by Gasteiger charge is -2.33. The molecule has 0 aromatic carbocycles. The van der Waals surface area contributed by atoms with E-state index >= 15 is 0 Å². The molecule has 0 saturated carbocycles. The number of hydrogen-bond acceptors (Lipinski definition) is 3. The summed E-state index contributed by atoms with van der Waals surface area (Å²) in [5.41, 5.74) is 0.312.